The van der Waals surface area contributed by atoms with Crippen LogP contribution >= 0.6 is 7.82 Å². The Hall–Kier alpha value is -1.28. The van der Waals surface area contributed by atoms with Gasteiger partial charge >= 0.3 is 7.82 Å². The highest BCUT2D eigenvalue weighted by atomic mass is 31.2. The number of aliphatic hydroxyl groups is 1. The Morgan fingerprint density at radius 1 is 0.667 bits per heavy atom. The Morgan fingerprint density at radius 3 is 1.60 bits per heavy atom. The number of nitrogens with two attached hydrogens (primary N) is 1. The summed E-state index contributed by atoms with van der Waals surface area (Å²) in [5.74, 6) is -0.210. The molecule has 0 heterocycles. The molecule has 3 atom stereocenters. The Morgan fingerprint density at radius 2 is 1.10 bits per heavy atom. The molecule has 0 spiro atoms. The van der Waals surface area contributed by atoms with Gasteiger partial charge in [0.2, 0.25) is 5.91 Å². The third kappa shape index (κ3) is 33.2. The van der Waals surface area contributed by atoms with E-state index in [1.54, 1.807) is 6.08 Å². The predicted octanol–water partition coefficient (Wildman–Crippen LogP) is 10.4. The van der Waals surface area contributed by atoms with Crippen molar-refractivity contribution < 1.29 is 28.4 Å². The van der Waals surface area contributed by atoms with E-state index < -0.39 is 20.0 Å². The molecule has 0 aliphatic rings. The number of aliphatic hydroxyl groups excluding tert-OH is 1. The van der Waals surface area contributed by atoms with Gasteiger partial charge in [-0.25, -0.2) is 4.57 Å². The van der Waals surface area contributed by atoms with Gasteiger partial charge in [0.25, 0.3) is 0 Å². The summed E-state index contributed by atoms with van der Waals surface area (Å²) in [5.41, 5.74) is 5.35. The van der Waals surface area contributed by atoms with Crippen LogP contribution in [0.4, 0.5) is 0 Å². The fraction of sp³-hybridized carbons (Fsp3) is 0.821. The first-order valence-corrected chi connectivity index (χ1v) is 21.1. The molecule has 9 heteroatoms. The fourth-order valence-corrected chi connectivity index (χ4v) is 6.22. The molecule has 0 aromatic carbocycles. The maximum Gasteiger partial charge on any atom is 0.472 e. The van der Waals surface area contributed by atoms with Crippen LogP contribution in [0, 0.1) is 0 Å². The maximum atomic E-state index is 12.7. The van der Waals surface area contributed by atoms with E-state index >= 15 is 0 Å². The molecule has 1 amide bonds. The van der Waals surface area contributed by atoms with Gasteiger partial charge in [0.05, 0.1) is 25.4 Å². The molecule has 5 N–H and O–H groups in total. The molecule has 0 radical (unpaired) electrons. The van der Waals surface area contributed by atoms with Crippen LogP contribution in [0.1, 0.15) is 174 Å². The zero-order valence-electron chi connectivity index (χ0n) is 31.0. The number of nitrogens with one attached hydrogen (secondary N) is 1. The van der Waals surface area contributed by atoms with Crippen molar-refractivity contribution in [2.75, 3.05) is 19.8 Å². The lowest BCUT2D eigenvalue weighted by molar-refractivity contribution is -0.123. The lowest BCUT2D eigenvalue weighted by Crippen LogP contribution is -2.45. The molecule has 8 nitrogen and oxygen atoms in total. The van der Waals surface area contributed by atoms with Crippen LogP contribution in [-0.2, 0) is 18.4 Å². The Labute approximate surface area is 295 Å². The molecular weight excluding hydrogens is 623 g/mol. The van der Waals surface area contributed by atoms with Crippen LogP contribution in [0.15, 0.2) is 36.5 Å². The minimum Gasteiger partial charge on any atom is -0.387 e. The monoisotopic (exact) mass is 699 g/mol. The first kappa shape index (κ1) is 46.7. The molecule has 48 heavy (non-hydrogen) atoms. The zero-order chi connectivity index (χ0) is 35.4. The summed E-state index contributed by atoms with van der Waals surface area (Å²) < 4.78 is 22.0. The molecule has 0 saturated heterocycles. The van der Waals surface area contributed by atoms with Crippen LogP contribution in [0.2, 0.25) is 0 Å². The van der Waals surface area contributed by atoms with Crippen LogP contribution in [-0.4, -0.2) is 47.8 Å². The van der Waals surface area contributed by atoms with Crippen molar-refractivity contribution in [3.8, 4) is 0 Å². The SMILES string of the molecule is CCCCCCCC/C=C/CC/C=C/CC/C=C/C(O)C(COP(=O)(O)OCCN)NC(=O)CCCCCCCCCCCCCCC. The number of hydrogen-bond acceptors (Lipinski definition) is 6. The second kappa shape index (κ2) is 35.5. The lowest BCUT2D eigenvalue weighted by atomic mass is 10.0. The minimum atomic E-state index is -4.34. The summed E-state index contributed by atoms with van der Waals surface area (Å²) in [4.78, 5) is 22.6. The van der Waals surface area contributed by atoms with Crippen molar-refractivity contribution in [3.63, 3.8) is 0 Å². The van der Waals surface area contributed by atoms with E-state index in [0.29, 0.717) is 6.42 Å². The number of carbonyl (C=O) groups is 1. The van der Waals surface area contributed by atoms with E-state index in [0.717, 1.165) is 44.9 Å². The van der Waals surface area contributed by atoms with Crippen molar-refractivity contribution in [3.05, 3.63) is 36.5 Å². The van der Waals surface area contributed by atoms with Crippen molar-refractivity contribution in [1.29, 1.82) is 0 Å². The van der Waals surface area contributed by atoms with Crippen molar-refractivity contribution in [1.82, 2.24) is 5.32 Å². The van der Waals surface area contributed by atoms with Gasteiger partial charge in [0, 0.05) is 13.0 Å². The average molecular weight is 699 g/mol. The summed E-state index contributed by atoms with van der Waals surface area (Å²) in [5, 5.41) is 13.6. The molecule has 0 fully saturated rings. The summed E-state index contributed by atoms with van der Waals surface area (Å²) in [7, 11) is -4.34. The largest absolute Gasteiger partial charge is 0.472 e. The molecule has 0 rings (SSSR count). The maximum absolute atomic E-state index is 12.7. The number of amides is 1. The summed E-state index contributed by atoms with van der Waals surface area (Å²) in [6, 6.07) is -0.878. The van der Waals surface area contributed by atoms with Gasteiger partial charge in [-0.05, 0) is 44.9 Å². The van der Waals surface area contributed by atoms with E-state index in [4.69, 9.17) is 14.8 Å². The Balaban J connectivity index is 4.38. The number of rotatable bonds is 36. The second-order valence-corrected chi connectivity index (χ2v) is 14.6. The van der Waals surface area contributed by atoms with Gasteiger partial charge in [0.15, 0.2) is 0 Å². The first-order chi connectivity index (χ1) is 23.4. The van der Waals surface area contributed by atoms with Crippen LogP contribution in [0.3, 0.4) is 0 Å². The highest BCUT2D eigenvalue weighted by molar-refractivity contribution is 7.47. The number of allylic oxidation sites excluding steroid dienone is 5. The quantitative estimate of drug-likeness (QED) is 0.0291. The zero-order valence-corrected chi connectivity index (χ0v) is 31.9. The molecule has 0 aromatic heterocycles. The fourth-order valence-electron chi connectivity index (χ4n) is 5.46. The van der Waals surface area contributed by atoms with Gasteiger partial charge < -0.3 is 21.1 Å². The predicted molar refractivity (Wildman–Crippen MR) is 203 cm³/mol. The molecular formula is C39H75N2O6P. The molecule has 0 saturated carbocycles. The Bertz CT molecular complexity index is 850. The summed E-state index contributed by atoms with van der Waals surface area (Å²) in [6.07, 6.45) is 40.4. The molecule has 0 bridgehead atoms. The standard InChI is InChI=1S/C39H75N2O6P/c1-3-5-7-9-11-13-15-17-18-19-21-22-24-26-28-30-32-38(42)37(36-47-48(44,45)46-35-34-40)41-39(43)33-31-29-27-25-23-20-16-14-12-10-8-6-4-2/h17-18,22,24,30,32,37-38,42H,3-16,19-21,23,25-29,31,33-36,40H2,1-2H3,(H,41,43)(H,44,45)/b18-17+,24-22+,32-30+. The third-order valence-corrected chi connectivity index (χ3v) is 9.43. The van der Waals surface area contributed by atoms with Crippen LogP contribution < -0.4 is 11.1 Å². The second-order valence-electron chi connectivity index (χ2n) is 13.1. The molecule has 0 aromatic rings. The molecule has 0 aliphatic heterocycles. The number of phosphoric ester groups is 1. The van der Waals surface area contributed by atoms with E-state index in [-0.39, 0.29) is 25.7 Å². The number of unbranched alkanes of at least 4 members (excludes halogenated alkanes) is 20. The van der Waals surface area contributed by atoms with E-state index in [9.17, 15) is 19.4 Å². The highest BCUT2D eigenvalue weighted by Gasteiger charge is 2.26. The summed E-state index contributed by atoms with van der Waals surface area (Å²) >= 11 is 0. The summed E-state index contributed by atoms with van der Waals surface area (Å²) in [6.45, 7) is 4.08. The van der Waals surface area contributed by atoms with E-state index in [1.165, 1.54) is 109 Å². The van der Waals surface area contributed by atoms with Gasteiger partial charge in [-0.2, -0.15) is 0 Å². The Kier molecular flexibility index (Phi) is 34.6. The lowest BCUT2D eigenvalue weighted by Gasteiger charge is -2.23. The highest BCUT2D eigenvalue weighted by Crippen LogP contribution is 2.43. The number of phosphoric acid groups is 1. The average Bonchev–Trinajstić information content (AvgIpc) is 3.07. The van der Waals surface area contributed by atoms with Gasteiger partial charge in [-0.15, -0.1) is 0 Å². The third-order valence-electron chi connectivity index (χ3n) is 8.45. The van der Waals surface area contributed by atoms with Gasteiger partial charge in [0.1, 0.15) is 0 Å². The van der Waals surface area contributed by atoms with Gasteiger partial charge in [-0.3, -0.25) is 13.8 Å². The minimum absolute atomic E-state index is 0.0724. The van der Waals surface area contributed by atoms with E-state index in [1.807, 2.05) is 6.08 Å². The van der Waals surface area contributed by atoms with Crippen molar-refractivity contribution in [2.45, 2.75) is 187 Å². The smallest absolute Gasteiger partial charge is 0.387 e. The topological polar surface area (TPSA) is 131 Å². The number of carbonyl (C=O) groups excluding carboxylic acids is 1. The van der Waals surface area contributed by atoms with E-state index in [2.05, 4.69) is 43.5 Å². The van der Waals surface area contributed by atoms with Crippen molar-refractivity contribution in [2.24, 2.45) is 5.73 Å². The first-order valence-electron chi connectivity index (χ1n) is 19.6. The molecule has 3 unspecified atom stereocenters. The molecule has 282 valence electrons. The normalized spacial score (nSPS) is 14.7. The van der Waals surface area contributed by atoms with Crippen LogP contribution in [0.5, 0.6) is 0 Å². The van der Waals surface area contributed by atoms with Gasteiger partial charge in [-0.1, -0.05) is 159 Å². The number of hydrogen-bond donors (Lipinski definition) is 4. The van der Waals surface area contributed by atoms with Crippen molar-refractivity contribution >= 4 is 13.7 Å². The molecule has 0 aliphatic carbocycles. The van der Waals surface area contributed by atoms with Crippen LogP contribution in [0.25, 0.3) is 0 Å².